The summed E-state index contributed by atoms with van der Waals surface area (Å²) in [5, 5.41) is 12.6. The standard InChI is InChI=1S/C25H27FN6O3/c1-35-24-16(26)5-4-6-17(24)31-23-20-21-14(12-30-25(20)34)11-29-19(33)7-2-3-9-28-18-13-27-10-8-15(18)22(23)32-21/h4-6,8,10,13-14,28,31-32H,2-3,7,9,11-12H2,1H3,(H,29,33)(H,30,34)/t14-/m0/s1. The Morgan fingerprint density at radius 1 is 1.11 bits per heavy atom. The van der Waals surface area contributed by atoms with E-state index in [4.69, 9.17) is 4.74 Å². The Kier molecular flexibility index (Phi) is 6.26. The lowest BCUT2D eigenvalue weighted by molar-refractivity contribution is -0.121. The first-order chi connectivity index (χ1) is 17.1. The van der Waals surface area contributed by atoms with Gasteiger partial charge >= 0.3 is 0 Å². The summed E-state index contributed by atoms with van der Waals surface area (Å²) in [5.41, 5.74) is 4.30. The van der Waals surface area contributed by atoms with E-state index < -0.39 is 5.82 Å². The van der Waals surface area contributed by atoms with Gasteiger partial charge in [0.1, 0.15) is 0 Å². The van der Waals surface area contributed by atoms with Gasteiger partial charge in [-0.05, 0) is 31.0 Å². The highest BCUT2D eigenvalue weighted by Gasteiger charge is 2.34. The molecule has 2 amide bonds. The summed E-state index contributed by atoms with van der Waals surface area (Å²) < 4.78 is 19.7. The number of ether oxygens (including phenoxy) is 1. The molecular formula is C25H27FN6O3. The predicted octanol–water partition coefficient (Wildman–Crippen LogP) is 3.51. The highest BCUT2D eigenvalue weighted by molar-refractivity contribution is 6.07. The summed E-state index contributed by atoms with van der Waals surface area (Å²) in [4.78, 5) is 33.2. The van der Waals surface area contributed by atoms with Crippen molar-refractivity contribution in [2.45, 2.75) is 25.2 Å². The van der Waals surface area contributed by atoms with Crippen molar-refractivity contribution in [2.75, 3.05) is 37.4 Å². The van der Waals surface area contributed by atoms with Crippen LogP contribution in [0.1, 0.15) is 41.2 Å². The number of anilines is 3. The van der Waals surface area contributed by atoms with Crippen molar-refractivity contribution in [3.8, 4) is 17.0 Å². The van der Waals surface area contributed by atoms with Crippen LogP contribution in [-0.4, -0.2) is 48.5 Å². The van der Waals surface area contributed by atoms with Gasteiger partial charge in [-0.25, -0.2) is 4.39 Å². The predicted molar refractivity (Wildman–Crippen MR) is 131 cm³/mol. The Morgan fingerprint density at radius 3 is 2.83 bits per heavy atom. The fourth-order valence-corrected chi connectivity index (χ4v) is 4.63. The second-order valence-corrected chi connectivity index (χ2v) is 8.63. The normalized spacial score (nSPS) is 17.8. The van der Waals surface area contributed by atoms with Crippen LogP contribution in [0, 0.1) is 5.82 Å². The Hall–Kier alpha value is -4.08. The number of amides is 2. The Morgan fingerprint density at radius 2 is 1.97 bits per heavy atom. The average molecular weight is 479 g/mol. The molecule has 0 saturated carbocycles. The number of fused-ring (bicyclic) bond motifs is 3. The lowest BCUT2D eigenvalue weighted by Gasteiger charge is -2.24. The summed E-state index contributed by atoms with van der Waals surface area (Å²) in [6.07, 6.45) is 5.44. The monoisotopic (exact) mass is 478 g/mol. The van der Waals surface area contributed by atoms with Crippen molar-refractivity contribution in [2.24, 2.45) is 0 Å². The van der Waals surface area contributed by atoms with E-state index in [2.05, 4.69) is 31.2 Å². The van der Waals surface area contributed by atoms with E-state index in [1.165, 1.54) is 13.2 Å². The Labute approximate surface area is 201 Å². The number of methoxy groups -OCH3 is 1. The zero-order valence-electron chi connectivity index (χ0n) is 19.3. The van der Waals surface area contributed by atoms with Gasteiger partial charge in [0, 0.05) is 49.4 Å². The maximum Gasteiger partial charge on any atom is 0.255 e. The second kappa shape index (κ2) is 9.65. The number of carbonyl (C=O) groups is 2. The van der Waals surface area contributed by atoms with Crippen LogP contribution in [0.3, 0.4) is 0 Å². The molecule has 1 aromatic carbocycles. The number of benzene rings is 1. The van der Waals surface area contributed by atoms with E-state index in [1.807, 2.05) is 6.07 Å². The molecule has 0 fully saturated rings. The van der Waals surface area contributed by atoms with Crippen LogP contribution in [0.2, 0.25) is 0 Å². The largest absolute Gasteiger partial charge is 0.492 e. The molecule has 35 heavy (non-hydrogen) atoms. The third-order valence-electron chi connectivity index (χ3n) is 6.39. The van der Waals surface area contributed by atoms with Crippen molar-refractivity contribution < 1.29 is 18.7 Å². The van der Waals surface area contributed by atoms with Crippen molar-refractivity contribution in [1.82, 2.24) is 20.6 Å². The van der Waals surface area contributed by atoms with E-state index >= 15 is 0 Å². The van der Waals surface area contributed by atoms with Gasteiger partial charge in [-0.15, -0.1) is 0 Å². The minimum atomic E-state index is -0.516. The first-order valence-electron chi connectivity index (χ1n) is 11.7. The fourth-order valence-electron chi connectivity index (χ4n) is 4.63. The van der Waals surface area contributed by atoms with E-state index in [9.17, 15) is 14.0 Å². The number of hydrogen-bond donors (Lipinski definition) is 5. The van der Waals surface area contributed by atoms with Gasteiger partial charge in [0.2, 0.25) is 5.91 Å². The molecule has 4 heterocycles. The fraction of sp³-hybridized carbons (Fsp3) is 0.320. The minimum absolute atomic E-state index is 0.0165. The first kappa shape index (κ1) is 22.7. The van der Waals surface area contributed by atoms with Crippen molar-refractivity contribution >= 4 is 28.9 Å². The smallest absolute Gasteiger partial charge is 0.255 e. The molecule has 1 atom stereocenters. The van der Waals surface area contributed by atoms with Crippen LogP contribution < -0.4 is 26.0 Å². The number of nitrogens with zero attached hydrogens (tertiary/aromatic N) is 1. The van der Waals surface area contributed by atoms with Gasteiger partial charge in [0.05, 0.1) is 41.6 Å². The second-order valence-electron chi connectivity index (χ2n) is 8.63. The van der Waals surface area contributed by atoms with Gasteiger partial charge in [-0.1, -0.05) is 6.07 Å². The van der Waals surface area contributed by atoms with Crippen LogP contribution in [-0.2, 0) is 4.79 Å². The highest BCUT2D eigenvalue weighted by atomic mass is 19.1. The summed E-state index contributed by atoms with van der Waals surface area (Å²) >= 11 is 0. The topological polar surface area (TPSA) is 120 Å². The van der Waals surface area contributed by atoms with Crippen molar-refractivity contribution in [3.63, 3.8) is 0 Å². The number of pyridine rings is 1. The molecule has 2 aromatic heterocycles. The number of para-hydroxylation sites is 1. The van der Waals surface area contributed by atoms with Crippen molar-refractivity contribution in [3.05, 3.63) is 53.7 Å². The molecule has 2 aliphatic heterocycles. The molecule has 3 aromatic rings. The number of hydrogen-bond acceptors (Lipinski definition) is 6. The minimum Gasteiger partial charge on any atom is -0.492 e. The number of aromatic amines is 1. The van der Waals surface area contributed by atoms with Crippen LogP contribution >= 0.6 is 0 Å². The van der Waals surface area contributed by atoms with Gasteiger partial charge < -0.3 is 31.0 Å². The molecule has 0 unspecified atom stereocenters. The zero-order valence-corrected chi connectivity index (χ0v) is 19.3. The zero-order chi connectivity index (χ0) is 24.4. The third-order valence-corrected chi connectivity index (χ3v) is 6.39. The molecule has 0 spiro atoms. The van der Waals surface area contributed by atoms with E-state index in [1.54, 1.807) is 24.5 Å². The van der Waals surface area contributed by atoms with E-state index in [-0.39, 0.29) is 23.5 Å². The number of H-pyrrole nitrogens is 1. The first-order valence-corrected chi connectivity index (χ1v) is 11.7. The number of nitrogens with one attached hydrogen (secondary N) is 5. The summed E-state index contributed by atoms with van der Waals surface area (Å²) in [5.74, 6) is -0.893. The summed E-state index contributed by atoms with van der Waals surface area (Å²) in [6.45, 7) is 1.43. The van der Waals surface area contributed by atoms with E-state index in [0.717, 1.165) is 24.1 Å². The molecule has 5 rings (SSSR count). The van der Waals surface area contributed by atoms with Gasteiger partial charge in [-0.3, -0.25) is 14.6 Å². The molecule has 9 nitrogen and oxygen atoms in total. The third kappa shape index (κ3) is 4.39. The lowest BCUT2D eigenvalue weighted by Crippen LogP contribution is -2.40. The Balaban J connectivity index is 1.70. The highest BCUT2D eigenvalue weighted by Crippen LogP contribution is 2.43. The van der Waals surface area contributed by atoms with Gasteiger partial charge in [0.15, 0.2) is 11.6 Å². The molecule has 2 aliphatic rings. The Bertz CT molecular complexity index is 1270. The van der Waals surface area contributed by atoms with E-state index in [0.29, 0.717) is 54.4 Å². The number of rotatable bonds is 3. The van der Waals surface area contributed by atoms with Crippen LogP contribution in [0.4, 0.5) is 21.5 Å². The number of carbonyl (C=O) groups excluding carboxylic acids is 2. The SMILES string of the molecule is COc1c(F)cccc1Nc1c2[nH]c3c1C(=O)NC[C@@H]3CNC(=O)CCCCNc1cnccc1-2. The van der Waals surface area contributed by atoms with Crippen molar-refractivity contribution in [1.29, 1.82) is 0 Å². The number of halogens is 1. The maximum absolute atomic E-state index is 14.5. The maximum atomic E-state index is 14.5. The molecular weight excluding hydrogens is 451 g/mol. The summed E-state index contributed by atoms with van der Waals surface area (Å²) in [6, 6.07) is 6.45. The van der Waals surface area contributed by atoms with Crippen LogP contribution in [0.25, 0.3) is 11.3 Å². The van der Waals surface area contributed by atoms with Crippen LogP contribution in [0.5, 0.6) is 5.75 Å². The summed E-state index contributed by atoms with van der Waals surface area (Å²) in [7, 11) is 1.40. The molecule has 182 valence electrons. The van der Waals surface area contributed by atoms with Gasteiger partial charge in [0.25, 0.3) is 5.91 Å². The van der Waals surface area contributed by atoms with Crippen LogP contribution in [0.15, 0.2) is 36.7 Å². The molecule has 0 aliphatic carbocycles. The molecule has 10 heteroatoms. The average Bonchev–Trinajstić information content (AvgIpc) is 3.23. The lowest BCUT2D eigenvalue weighted by atomic mass is 9.96. The number of aromatic nitrogens is 2. The molecule has 5 N–H and O–H groups in total. The molecule has 0 radical (unpaired) electrons. The quantitative estimate of drug-likeness (QED) is 0.393. The molecule has 0 saturated heterocycles. The molecule has 2 bridgehead atoms. The van der Waals surface area contributed by atoms with Gasteiger partial charge in [-0.2, -0.15) is 0 Å².